The van der Waals surface area contributed by atoms with Gasteiger partial charge in [0, 0.05) is 10.3 Å². The predicted molar refractivity (Wildman–Crippen MR) is 104 cm³/mol. The van der Waals surface area contributed by atoms with Gasteiger partial charge in [-0.2, -0.15) is 5.26 Å². The summed E-state index contributed by atoms with van der Waals surface area (Å²) in [7, 11) is 0. The molecule has 1 aromatic carbocycles. The maximum absolute atomic E-state index is 9.65. The van der Waals surface area contributed by atoms with Crippen LogP contribution in [0.4, 0.5) is 0 Å². The highest BCUT2D eigenvalue weighted by molar-refractivity contribution is 8.00. The van der Waals surface area contributed by atoms with Crippen molar-refractivity contribution in [1.82, 2.24) is 9.97 Å². The molecule has 4 rings (SSSR count). The van der Waals surface area contributed by atoms with Crippen LogP contribution in [0.1, 0.15) is 34.4 Å². The molecule has 2 aromatic heterocycles. The van der Waals surface area contributed by atoms with E-state index in [2.05, 4.69) is 47.2 Å². The number of fused-ring (bicyclic) bond motifs is 3. The summed E-state index contributed by atoms with van der Waals surface area (Å²) in [5, 5.41) is 11.7. The third kappa shape index (κ3) is 3.42. The molecule has 0 radical (unpaired) electrons. The zero-order chi connectivity index (χ0) is 17.2. The lowest BCUT2D eigenvalue weighted by atomic mass is 9.97. The second-order valence-electron chi connectivity index (χ2n) is 6.50. The summed E-state index contributed by atoms with van der Waals surface area (Å²) in [6, 6.07) is 10.9. The molecule has 0 unspecified atom stereocenters. The fourth-order valence-corrected chi connectivity index (χ4v) is 5.67. The lowest BCUT2D eigenvalue weighted by Gasteiger charge is -2.13. The zero-order valence-electron chi connectivity index (χ0n) is 14.2. The average Bonchev–Trinajstić information content (AvgIpc) is 3.02. The van der Waals surface area contributed by atoms with Gasteiger partial charge in [-0.25, -0.2) is 9.97 Å². The SMILES string of the molecule is Cc1ccc(C[C@@H](C#N)Sc2ncnc3sc4c(c23)CCCC4)cc1. The van der Waals surface area contributed by atoms with Crippen LogP contribution in [0.3, 0.4) is 0 Å². The van der Waals surface area contributed by atoms with E-state index in [1.54, 1.807) is 29.4 Å². The summed E-state index contributed by atoms with van der Waals surface area (Å²) < 4.78 is 0. The summed E-state index contributed by atoms with van der Waals surface area (Å²) in [6.45, 7) is 2.08. The number of aryl methyl sites for hydroxylation is 3. The molecule has 0 spiro atoms. The van der Waals surface area contributed by atoms with Crippen molar-refractivity contribution in [2.75, 3.05) is 0 Å². The van der Waals surface area contributed by atoms with E-state index >= 15 is 0 Å². The third-order valence-corrected chi connectivity index (χ3v) is 6.95. The Morgan fingerprint density at radius 3 is 2.80 bits per heavy atom. The number of aromatic nitrogens is 2. The third-order valence-electron chi connectivity index (χ3n) is 4.66. The van der Waals surface area contributed by atoms with Gasteiger partial charge >= 0.3 is 0 Å². The Hall–Kier alpha value is -1.90. The van der Waals surface area contributed by atoms with Gasteiger partial charge in [0.1, 0.15) is 21.4 Å². The molecule has 25 heavy (non-hydrogen) atoms. The number of hydrogen-bond acceptors (Lipinski definition) is 5. The first-order chi connectivity index (χ1) is 12.2. The van der Waals surface area contributed by atoms with Crippen LogP contribution in [0.5, 0.6) is 0 Å². The number of rotatable bonds is 4. The van der Waals surface area contributed by atoms with Gasteiger partial charge < -0.3 is 0 Å². The molecule has 0 saturated carbocycles. The molecular weight excluding hydrogens is 346 g/mol. The van der Waals surface area contributed by atoms with E-state index in [4.69, 9.17) is 0 Å². The van der Waals surface area contributed by atoms with Crippen LogP contribution < -0.4 is 0 Å². The highest BCUT2D eigenvalue weighted by atomic mass is 32.2. The topological polar surface area (TPSA) is 49.6 Å². The summed E-state index contributed by atoms with van der Waals surface area (Å²) in [5.41, 5.74) is 3.87. The van der Waals surface area contributed by atoms with Crippen LogP contribution in [-0.2, 0) is 19.3 Å². The summed E-state index contributed by atoms with van der Waals surface area (Å²) in [4.78, 5) is 11.6. The number of nitriles is 1. The van der Waals surface area contributed by atoms with Crippen molar-refractivity contribution in [2.45, 2.75) is 49.3 Å². The van der Waals surface area contributed by atoms with Crippen molar-refractivity contribution < 1.29 is 0 Å². The summed E-state index contributed by atoms with van der Waals surface area (Å²) in [6.07, 6.45) is 7.16. The molecule has 0 N–H and O–H groups in total. The quantitative estimate of drug-likeness (QED) is 0.476. The molecule has 0 amide bonds. The van der Waals surface area contributed by atoms with Crippen LogP contribution in [-0.4, -0.2) is 15.2 Å². The highest BCUT2D eigenvalue weighted by Crippen LogP contribution is 2.40. The van der Waals surface area contributed by atoms with Crippen molar-refractivity contribution in [3.8, 4) is 6.07 Å². The van der Waals surface area contributed by atoms with E-state index in [9.17, 15) is 5.26 Å². The Kier molecular flexibility index (Phi) is 4.74. The van der Waals surface area contributed by atoms with E-state index in [0.29, 0.717) is 0 Å². The first kappa shape index (κ1) is 16.6. The van der Waals surface area contributed by atoms with Gasteiger partial charge in [-0.1, -0.05) is 41.6 Å². The Morgan fingerprint density at radius 2 is 2.00 bits per heavy atom. The van der Waals surface area contributed by atoms with Gasteiger partial charge in [-0.05, 0) is 50.2 Å². The number of thioether (sulfide) groups is 1. The molecule has 0 fully saturated rings. The molecule has 3 aromatic rings. The molecule has 1 atom stereocenters. The smallest absolute Gasteiger partial charge is 0.128 e. The fourth-order valence-electron chi connectivity index (χ4n) is 3.34. The van der Waals surface area contributed by atoms with Gasteiger partial charge in [0.25, 0.3) is 0 Å². The molecule has 1 aliphatic rings. The molecule has 0 aliphatic heterocycles. The molecule has 126 valence electrons. The molecule has 1 aliphatic carbocycles. The average molecular weight is 366 g/mol. The van der Waals surface area contributed by atoms with E-state index < -0.39 is 0 Å². The second kappa shape index (κ2) is 7.15. The summed E-state index contributed by atoms with van der Waals surface area (Å²) in [5.74, 6) is 0. The lowest BCUT2D eigenvalue weighted by molar-refractivity contribution is 0.699. The van der Waals surface area contributed by atoms with Crippen molar-refractivity contribution in [3.05, 3.63) is 52.2 Å². The molecular formula is C20H19N3S2. The number of hydrogen-bond donors (Lipinski definition) is 0. The zero-order valence-corrected chi connectivity index (χ0v) is 15.8. The van der Waals surface area contributed by atoms with Gasteiger partial charge in [0.05, 0.1) is 6.07 Å². The maximum Gasteiger partial charge on any atom is 0.128 e. The monoisotopic (exact) mass is 365 g/mol. The first-order valence-corrected chi connectivity index (χ1v) is 10.3. The minimum absolute atomic E-state index is 0.139. The van der Waals surface area contributed by atoms with Crippen LogP contribution in [0.25, 0.3) is 10.2 Å². The maximum atomic E-state index is 9.65. The van der Waals surface area contributed by atoms with Crippen LogP contribution >= 0.6 is 23.1 Å². The Labute approximate surface area is 156 Å². The van der Waals surface area contributed by atoms with Gasteiger partial charge in [0.15, 0.2) is 0 Å². The van der Waals surface area contributed by atoms with E-state index in [1.165, 1.54) is 39.8 Å². The molecule has 2 heterocycles. The molecule has 0 saturated heterocycles. The van der Waals surface area contributed by atoms with E-state index in [1.807, 2.05) is 0 Å². The number of nitrogens with zero attached hydrogens (tertiary/aromatic N) is 3. The van der Waals surface area contributed by atoms with Gasteiger partial charge in [-0.15, -0.1) is 11.3 Å². The largest absolute Gasteiger partial charge is 0.229 e. The van der Waals surface area contributed by atoms with Crippen molar-refractivity contribution in [2.24, 2.45) is 0 Å². The highest BCUT2D eigenvalue weighted by Gasteiger charge is 2.22. The van der Waals surface area contributed by atoms with Crippen molar-refractivity contribution in [1.29, 1.82) is 5.26 Å². The van der Waals surface area contributed by atoms with Crippen LogP contribution in [0.15, 0.2) is 35.6 Å². The van der Waals surface area contributed by atoms with Crippen molar-refractivity contribution in [3.63, 3.8) is 0 Å². The van der Waals surface area contributed by atoms with Gasteiger partial charge in [-0.3, -0.25) is 0 Å². The molecule has 5 heteroatoms. The molecule has 0 bridgehead atoms. The van der Waals surface area contributed by atoms with E-state index in [0.717, 1.165) is 29.1 Å². The Bertz CT molecular complexity index is 938. The van der Waals surface area contributed by atoms with Crippen LogP contribution in [0, 0.1) is 18.3 Å². The van der Waals surface area contributed by atoms with Gasteiger partial charge in [0.2, 0.25) is 0 Å². The number of thiophene rings is 1. The van der Waals surface area contributed by atoms with Crippen LogP contribution in [0.2, 0.25) is 0 Å². The minimum Gasteiger partial charge on any atom is -0.229 e. The summed E-state index contributed by atoms with van der Waals surface area (Å²) >= 11 is 3.40. The fraction of sp³-hybridized carbons (Fsp3) is 0.350. The predicted octanol–water partition coefficient (Wildman–Crippen LogP) is 5.11. The number of benzene rings is 1. The standard InChI is InChI=1S/C20H19N3S2/c1-13-6-8-14(9-7-13)10-15(11-21)24-19-18-16-4-2-3-5-17(16)25-20(18)23-12-22-19/h6-9,12,15H,2-5,10H2,1H3/t15-/m0/s1. The van der Waals surface area contributed by atoms with Crippen molar-refractivity contribution >= 4 is 33.3 Å². The normalized spacial score (nSPS) is 14.9. The first-order valence-electron chi connectivity index (χ1n) is 8.61. The minimum atomic E-state index is -0.139. The Morgan fingerprint density at radius 1 is 1.20 bits per heavy atom. The second-order valence-corrected chi connectivity index (χ2v) is 8.77. The Balaban J connectivity index is 1.63. The lowest BCUT2D eigenvalue weighted by Crippen LogP contribution is -2.05. The van der Waals surface area contributed by atoms with E-state index in [-0.39, 0.29) is 5.25 Å². The molecule has 3 nitrogen and oxygen atoms in total.